The molecular formula is C6H10O3. The summed E-state index contributed by atoms with van der Waals surface area (Å²) < 4.78 is 9.83. The van der Waals surface area contributed by atoms with Crippen LogP contribution in [0.1, 0.15) is 6.42 Å². The van der Waals surface area contributed by atoms with E-state index in [0.717, 1.165) is 0 Å². The summed E-state index contributed by atoms with van der Waals surface area (Å²) in [5.41, 5.74) is 0. The molecule has 1 aliphatic heterocycles. The Bertz CT molecular complexity index is 111. The monoisotopic (exact) mass is 130 g/mol. The molecule has 1 fully saturated rings. The highest BCUT2D eigenvalue weighted by Crippen LogP contribution is 2.03. The molecule has 9 heavy (non-hydrogen) atoms. The minimum atomic E-state index is -0.307. The molecule has 0 amide bonds. The van der Waals surface area contributed by atoms with E-state index in [1.807, 2.05) is 0 Å². The molecule has 0 unspecified atom stereocenters. The van der Waals surface area contributed by atoms with Crippen LogP contribution in [0, 0.1) is 0 Å². The first-order valence-electron chi connectivity index (χ1n) is 2.98. The maximum absolute atomic E-state index is 10.8. The van der Waals surface area contributed by atoms with Crippen LogP contribution in [0.2, 0.25) is 0 Å². The van der Waals surface area contributed by atoms with Crippen LogP contribution in [-0.2, 0) is 14.3 Å². The molecule has 1 saturated heterocycles. The van der Waals surface area contributed by atoms with Crippen molar-refractivity contribution < 1.29 is 14.3 Å². The van der Waals surface area contributed by atoms with Crippen molar-refractivity contribution in [2.24, 2.45) is 0 Å². The summed E-state index contributed by atoms with van der Waals surface area (Å²) in [5.74, 6) is 0.156. The normalized spacial score (nSPS) is 28.6. The molecule has 0 aliphatic carbocycles. The topological polar surface area (TPSA) is 35.5 Å². The average molecular weight is 130 g/mol. The number of carbonyl (C=O) groups excluding carboxylic acids is 1. The predicted molar refractivity (Wildman–Crippen MR) is 31.2 cm³/mol. The van der Waals surface area contributed by atoms with Gasteiger partial charge in [-0.1, -0.05) is 0 Å². The van der Waals surface area contributed by atoms with E-state index < -0.39 is 0 Å². The molecule has 3 heteroatoms. The Balaban J connectivity index is 2.39. The summed E-state index contributed by atoms with van der Waals surface area (Å²) >= 11 is 0. The lowest BCUT2D eigenvalue weighted by Gasteiger charge is -2.18. The van der Waals surface area contributed by atoms with Gasteiger partial charge in [0.25, 0.3) is 0 Å². The van der Waals surface area contributed by atoms with E-state index in [4.69, 9.17) is 9.47 Å². The maximum atomic E-state index is 10.8. The van der Waals surface area contributed by atoms with Gasteiger partial charge in [0.1, 0.15) is 6.10 Å². The Kier molecular flexibility index (Phi) is 2.19. The van der Waals surface area contributed by atoms with Gasteiger partial charge in [-0.15, -0.1) is 0 Å². The first-order chi connectivity index (χ1) is 4.34. The summed E-state index contributed by atoms with van der Waals surface area (Å²) in [6.45, 7) is 0.980. The number of hydrogen-bond acceptors (Lipinski definition) is 3. The van der Waals surface area contributed by atoms with Gasteiger partial charge in [-0.2, -0.15) is 0 Å². The lowest BCUT2D eigenvalue weighted by atomic mass is 10.1. The molecule has 0 aromatic carbocycles. The summed E-state index contributed by atoms with van der Waals surface area (Å²) in [7, 11) is 1.53. The molecule has 0 bridgehead atoms. The van der Waals surface area contributed by atoms with Gasteiger partial charge in [0.05, 0.1) is 13.2 Å². The lowest BCUT2D eigenvalue weighted by molar-refractivity contribution is -0.139. The molecule has 1 heterocycles. The fourth-order valence-electron chi connectivity index (χ4n) is 0.817. The molecule has 3 nitrogen and oxygen atoms in total. The molecule has 0 spiro atoms. The number of hydrogen-bond donors (Lipinski definition) is 0. The van der Waals surface area contributed by atoms with E-state index >= 15 is 0 Å². The van der Waals surface area contributed by atoms with Gasteiger partial charge in [-0.05, 0) is 0 Å². The molecule has 0 saturated carbocycles. The zero-order valence-electron chi connectivity index (χ0n) is 5.42. The zero-order chi connectivity index (χ0) is 6.69. The first kappa shape index (κ1) is 6.71. The Hall–Kier alpha value is -0.410. The lowest BCUT2D eigenvalue weighted by Crippen LogP contribution is -2.33. The van der Waals surface area contributed by atoms with E-state index in [2.05, 4.69) is 0 Å². The van der Waals surface area contributed by atoms with Gasteiger partial charge in [-0.25, -0.2) is 0 Å². The molecule has 0 N–H and O–H groups in total. The van der Waals surface area contributed by atoms with Crippen molar-refractivity contribution in [2.75, 3.05) is 20.3 Å². The van der Waals surface area contributed by atoms with Crippen molar-refractivity contribution in [1.29, 1.82) is 0 Å². The third-order valence-corrected chi connectivity index (χ3v) is 1.41. The number of Topliss-reactive ketones (excluding diaryl/α,β-unsaturated/α-hetero) is 1. The van der Waals surface area contributed by atoms with Crippen LogP contribution >= 0.6 is 0 Å². The van der Waals surface area contributed by atoms with Gasteiger partial charge >= 0.3 is 0 Å². The second-order valence-electron chi connectivity index (χ2n) is 2.02. The largest absolute Gasteiger partial charge is 0.378 e. The summed E-state index contributed by atoms with van der Waals surface area (Å²) in [6, 6.07) is 0. The van der Waals surface area contributed by atoms with Crippen molar-refractivity contribution >= 4 is 5.78 Å². The molecule has 0 radical (unpaired) electrons. The van der Waals surface area contributed by atoms with Crippen molar-refractivity contribution in [2.45, 2.75) is 12.5 Å². The third kappa shape index (κ3) is 1.50. The number of rotatable bonds is 1. The quantitative estimate of drug-likeness (QED) is 0.501. The fourth-order valence-corrected chi connectivity index (χ4v) is 0.817. The Labute approximate surface area is 53.9 Å². The van der Waals surface area contributed by atoms with Crippen LogP contribution < -0.4 is 0 Å². The van der Waals surface area contributed by atoms with Gasteiger partial charge in [-0.3, -0.25) is 4.79 Å². The number of methoxy groups -OCH3 is 1. The van der Waals surface area contributed by atoms with Crippen LogP contribution in [0.4, 0.5) is 0 Å². The van der Waals surface area contributed by atoms with Gasteiger partial charge in [0.2, 0.25) is 0 Å². The van der Waals surface area contributed by atoms with E-state index in [9.17, 15) is 4.79 Å². The Morgan fingerprint density at radius 2 is 2.56 bits per heavy atom. The highest BCUT2D eigenvalue weighted by Gasteiger charge is 2.21. The van der Waals surface area contributed by atoms with Crippen molar-refractivity contribution in [3.8, 4) is 0 Å². The summed E-state index contributed by atoms with van der Waals surface area (Å²) in [4.78, 5) is 10.8. The van der Waals surface area contributed by atoms with E-state index in [1.54, 1.807) is 0 Å². The Morgan fingerprint density at radius 1 is 1.78 bits per heavy atom. The van der Waals surface area contributed by atoms with Crippen LogP contribution in [0.15, 0.2) is 0 Å². The van der Waals surface area contributed by atoms with Gasteiger partial charge in [0, 0.05) is 13.5 Å². The standard InChI is InChI=1S/C6H10O3/c1-8-6-4-9-3-2-5(6)7/h6H,2-4H2,1H3/t6-/m0/s1. The van der Waals surface area contributed by atoms with Crippen LogP contribution in [-0.4, -0.2) is 32.2 Å². The van der Waals surface area contributed by atoms with Crippen LogP contribution in [0.5, 0.6) is 0 Å². The average Bonchev–Trinajstić information content (AvgIpc) is 1.89. The minimum Gasteiger partial charge on any atom is -0.378 e. The highest BCUT2D eigenvalue weighted by molar-refractivity contribution is 5.83. The minimum absolute atomic E-state index is 0.156. The van der Waals surface area contributed by atoms with Crippen molar-refractivity contribution in [1.82, 2.24) is 0 Å². The second-order valence-corrected chi connectivity index (χ2v) is 2.02. The third-order valence-electron chi connectivity index (χ3n) is 1.41. The highest BCUT2D eigenvalue weighted by atomic mass is 16.5. The molecule has 1 atom stereocenters. The van der Waals surface area contributed by atoms with E-state index in [-0.39, 0.29) is 11.9 Å². The molecule has 0 aromatic heterocycles. The smallest absolute Gasteiger partial charge is 0.166 e. The van der Waals surface area contributed by atoms with Crippen LogP contribution in [0.3, 0.4) is 0 Å². The SMILES string of the molecule is CO[C@H]1COCCC1=O. The van der Waals surface area contributed by atoms with Crippen molar-refractivity contribution in [3.63, 3.8) is 0 Å². The number of ketones is 1. The Morgan fingerprint density at radius 3 is 3.00 bits per heavy atom. The maximum Gasteiger partial charge on any atom is 0.166 e. The first-order valence-corrected chi connectivity index (χ1v) is 2.98. The van der Waals surface area contributed by atoms with Gasteiger partial charge in [0.15, 0.2) is 5.78 Å². The van der Waals surface area contributed by atoms with E-state index in [0.29, 0.717) is 19.6 Å². The molecule has 1 rings (SSSR count). The van der Waals surface area contributed by atoms with E-state index in [1.165, 1.54) is 7.11 Å². The number of ether oxygens (including phenoxy) is 2. The molecular weight excluding hydrogens is 120 g/mol. The summed E-state index contributed by atoms with van der Waals surface area (Å²) in [6.07, 6.45) is 0.192. The van der Waals surface area contributed by atoms with Crippen molar-refractivity contribution in [3.05, 3.63) is 0 Å². The second kappa shape index (κ2) is 2.94. The fraction of sp³-hybridized carbons (Fsp3) is 0.833. The molecule has 1 aliphatic rings. The van der Waals surface area contributed by atoms with Gasteiger partial charge < -0.3 is 9.47 Å². The van der Waals surface area contributed by atoms with Crippen LogP contribution in [0.25, 0.3) is 0 Å². The molecule has 52 valence electrons. The predicted octanol–water partition coefficient (Wildman–Crippen LogP) is -0.00920. The molecule has 0 aromatic rings. The zero-order valence-corrected chi connectivity index (χ0v) is 5.42. The number of carbonyl (C=O) groups is 1. The summed E-state index contributed by atoms with van der Waals surface area (Å²) in [5, 5.41) is 0.